The van der Waals surface area contributed by atoms with E-state index in [4.69, 9.17) is 0 Å². The van der Waals surface area contributed by atoms with E-state index < -0.39 is 16.1 Å². The van der Waals surface area contributed by atoms with Crippen LogP contribution in [0, 0.1) is 12.7 Å². The van der Waals surface area contributed by atoms with Crippen LogP contribution in [-0.4, -0.2) is 15.0 Å². The summed E-state index contributed by atoms with van der Waals surface area (Å²) in [4.78, 5) is 0. The first-order valence-electron chi connectivity index (χ1n) is 5.57. The lowest BCUT2D eigenvalue weighted by Gasteiger charge is -2.19. The van der Waals surface area contributed by atoms with Crippen molar-refractivity contribution < 1.29 is 8.94 Å². The summed E-state index contributed by atoms with van der Waals surface area (Å²) in [5.41, 5.74) is 1.79. The first kappa shape index (κ1) is 15.7. The van der Waals surface area contributed by atoms with Gasteiger partial charge in [-0.25, -0.2) is 4.39 Å². The van der Waals surface area contributed by atoms with Gasteiger partial charge in [0.2, 0.25) is 0 Å². The summed E-state index contributed by atoms with van der Waals surface area (Å²) >= 11 is 1.80. The number of benzene rings is 1. The van der Waals surface area contributed by atoms with Crippen molar-refractivity contribution in [3.05, 3.63) is 33.5 Å². The third-order valence-corrected chi connectivity index (χ3v) is 4.57. The van der Waals surface area contributed by atoms with Crippen LogP contribution in [0.15, 0.2) is 21.0 Å². The van der Waals surface area contributed by atoms with Crippen LogP contribution in [0.2, 0.25) is 0 Å². The van der Waals surface area contributed by atoms with E-state index >= 15 is 0 Å². The second kappa shape index (κ2) is 5.72. The summed E-state index contributed by atoms with van der Waals surface area (Å²) in [6.45, 7) is 9.01. The van der Waals surface area contributed by atoms with Gasteiger partial charge in [-0.2, -0.15) is 0 Å². The average Bonchev–Trinajstić information content (AvgIpc) is 2.24. The molecule has 1 atom stereocenters. The Balaban J connectivity index is 3.16. The molecular formula is C13H17BrFNOS. The van der Waals surface area contributed by atoms with Crippen molar-refractivity contribution >= 4 is 33.0 Å². The van der Waals surface area contributed by atoms with Crippen molar-refractivity contribution in [2.24, 2.45) is 4.40 Å². The van der Waals surface area contributed by atoms with Crippen molar-refractivity contribution in [2.45, 2.75) is 39.4 Å². The molecule has 0 aliphatic carbocycles. The molecule has 0 aliphatic rings. The summed E-state index contributed by atoms with van der Waals surface area (Å²) in [5.74, 6) is -0.302. The van der Waals surface area contributed by atoms with Crippen LogP contribution in [-0.2, 0) is 11.4 Å². The molecule has 1 aromatic carbocycles. The summed E-state index contributed by atoms with van der Waals surface area (Å²) in [7, 11) is 0. The molecule has 1 unspecified atom stereocenters. The van der Waals surface area contributed by atoms with Crippen molar-refractivity contribution in [3.63, 3.8) is 0 Å². The first-order valence-corrected chi connectivity index (χ1v) is 7.47. The van der Waals surface area contributed by atoms with Gasteiger partial charge in [0.05, 0.1) is 10.2 Å². The van der Waals surface area contributed by atoms with Gasteiger partial charge in [-0.15, -0.1) is 0 Å². The Morgan fingerprint density at radius 2 is 1.94 bits per heavy atom. The van der Waals surface area contributed by atoms with Crippen LogP contribution in [0.1, 0.15) is 38.8 Å². The summed E-state index contributed by atoms with van der Waals surface area (Å²) in [5, 5.41) is 0. The molecule has 0 N–H and O–H groups in total. The number of rotatable bonds is 2. The van der Waals surface area contributed by atoms with Crippen molar-refractivity contribution in [1.82, 2.24) is 0 Å². The molecule has 0 aromatic heterocycles. The fraction of sp³-hybridized carbons (Fsp3) is 0.462. The predicted molar refractivity (Wildman–Crippen MR) is 78.9 cm³/mol. The molecule has 0 radical (unpaired) electrons. The highest BCUT2D eigenvalue weighted by Crippen LogP contribution is 2.24. The molecule has 0 aliphatic heterocycles. The fourth-order valence-corrected chi connectivity index (χ4v) is 2.40. The quantitative estimate of drug-likeness (QED) is 0.591. The van der Waals surface area contributed by atoms with E-state index in [1.807, 2.05) is 20.8 Å². The zero-order valence-electron chi connectivity index (χ0n) is 11.2. The van der Waals surface area contributed by atoms with Gasteiger partial charge >= 0.3 is 0 Å². The van der Waals surface area contributed by atoms with Crippen molar-refractivity contribution in [1.29, 1.82) is 0 Å². The minimum atomic E-state index is -1.33. The molecule has 5 heteroatoms. The Kier molecular flexibility index (Phi) is 4.98. The topological polar surface area (TPSA) is 35.4 Å². The average molecular weight is 334 g/mol. The molecule has 0 heterocycles. The highest BCUT2D eigenvalue weighted by Gasteiger charge is 2.27. The van der Waals surface area contributed by atoms with E-state index in [1.165, 1.54) is 0 Å². The van der Waals surface area contributed by atoms with E-state index in [9.17, 15) is 8.94 Å². The van der Waals surface area contributed by atoms with Crippen LogP contribution in [0.25, 0.3) is 0 Å². The Morgan fingerprint density at radius 3 is 2.44 bits per heavy atom. The molecule has 2 nitrogen and oxygen atoms in total. The maximum absolute atomic E-state index is 13.7. The maximum atomic E-state index is 13.7. The van der Waals surface area contributed by atoms with Crippen LogP contribution < -0.4 is 0 Å². The molecule has 0 spiro atoms. The lowest BCUT2D eigenvalue weighted by atomic mass is 10.1. The Hall–Kier alpha value is -0.390. The minimum Gasteiger partial charge on any atom is -0.591 e. The van der Waals surface area contributed by atoms with Crippen LogP contribution >= 0.6 is 15.9 Å². The zero-order chi connectivity index (χ0) is 14.1. The van der Waals surface area contributed by atoms with Gasteiger partial charge in [-0.1, -0.05) is 10.5 Å². The number of nitrogens with zero attached hydrogens (tertiary/aromatic N) is 1. The highest BCUT2D eigenvalue weighted by atomic mass is 79.9. The number of hydrogen-bond donors (Lipinski definition) is 0. The Bertz CT molecular complexity index is 483. The largest absolute Gasteiger partial charge is 0.591 e. The highest BCUT2D eigenvalue weighted by molar-refractivity contribution is 9.10. The van der Waals surface area contributed by atoms with Crippen LogP contribution in [0.4, 0.5) is 4.39 Å². The molecule has 0 amide bonds. The van der Waals surface area contributed by atoms with Gasteiger partial charge in [-0.3, -0.25) is 0 Å². The maximum Gasteiger partial charge on any atom is 0.144 e. The number of halogens is 2. The molecule has 0 bridgehead atoms. The Labute approximate surface area is 119 Å². The van der Waals surface area contributed by atoms with Gasteiger partial charge in [0, 0.05) is 5.56 Å². The van der Waals surface area contributed by atoms with E-state index in [-0.39, 0.29) is 5.82 Å². The van der Waals surface area contributed by atoms with Crippen molar-refractivity contribution in [3.8, 4) is 0 Å². The normalized spacial score (nSPS) is 14.8. The second-order valence-electron chi connectivity index (χ2n) is 5.07. The molecule has 1 rings (SSSR count). The van der Waals surface area contributed by atoms with Gasteiger partial charge in [0.25, 0.3) is 0 Å². The lowest BCUT2D eigenvalue weighted by molar-refractivity contribution is 0.561. The first-order chi connectivity index (χ1) is 8.14. The van der Waals surface area contributed by atoms with Crippen LogP contribution in [0.3, 0.4) is 0 Å². The molecule has 1 aromatic rings. The predicted octanol–water partition coefficient (Wildman–Crippen LogP) is 4.17. The lowest BCUT2D eigenvalue weighted by Crippen LogP contribution is -2.26. The number of hydrogen-bond acceptors (Lipinski definition) is 2. The SMILES string of the molecule is C/C(=N\[S+]([O-])C(C)(C)C)c1ccc(Br)c(F)c1C. The van der Waals surface area contributed by atoms with Crippen LogP contribution in [0.5, 0.6) is 0 Å². The Morgan fingerprint density at radius 1 is 1.39 bits per heavy atom. The van der Waals surface area contributed by atoms with E-state index in [1.54, 1.807) is 26.0 Å². The van der Waals surface area contributed by atoms with E-state index in [0.717, 1.165) is 0 Å². The molecular weight excluding hydrogens is 317 g/mol. The third kappa shape index (κ3) is 3.56. The second-order valence-corrected chi connectivity index (χ2v) is 7.83. The molecule has 0 fully saturated rings. The summed E-state index contributed by atoms with van der Waals surface area (Å²) < 4.78 is 29.8. The fourth-order valence-electron chi connectivity index (χ4n) is 1.35. The summed E-state index contributed by atoms with van der Waals surface area (Å²) in [6.07, 6.45) is 0. The standard InChI is InChI=1S/C13H17BrFNOS/c1-8-10(6-7-11(14)12(8)15)9(2)16-18(17)13(3,4)5/h6-7H,1-5H3/b16-9+. The molecule has 0 saturated carbocycles. The minimum absolute atomic E-state index is 0.302. The van der Waals surface area contributed by atoms with E-state index in [2.05, 4.69) is 20.3 Å². The van der Waals surface area contributed by atoms with Gasteiger partial charge in [0.1, 0.15) is 21.9 Å². The molecule has 100 valence electrons. The summed E-state index contributed by atoms with van der Waals surface area (Å²) in [6, 6.07) is 3.41. The smallest absolute Gasteiger partial charge is 0.144 e. The monoisotopic (exact) mass is 333 g/mol. The van der Waals surface area contributed by atoms with Crippen molar-refractivity contribution in [2.75, 3.05) is 0 Å². The third-order valence-electron chi connectivity index (χ3n) is 2.47. The van der Waals surface area contributed by atoms with Gasteiger partial charge < -0.3 is 4.55 Å². The van der Waals surface area contributed by atoms with E-state index in [0.29, 0.717) is 21.3 Å². The zero-order valence-corrected chi connectivity index (χ0v) is 13.6. The molecule has 0 saturated heterocycles. The van der Waals surface area contributed by atoms with Gasteiger partial charge in [-0.05, 0) is 62.2 Å². The molecule has 18 heavy (non-hydrogen) atoms. The van der Waals surface area contributed by atoms with Gasteiger partial charge in [0.15, 0.2) is 0 Å².